The van der Waals surface area contributed by atoms with Gasteiger partial charge in [0.1, 0.15) is 11.4 Å². The smallest absolute Gasteiger partial charge is 0.274 e. The van der Waals surface area contributed by atoms with E-state index in [0.29, 0.717) is 25.6 Å². The fraction of sp³-hybridized carbons (Fsp3) is 0.545. The third-order valence-corrected chi connectivity index (χ3v) is 3.05. The molecule has 18 heavy (non-hydrogen) atoms. The van der Waals surface area contributed by atoms with Crippen molar-refractivity contribution in [3.05, 3.63) is 28.4 Å². The SMILES string of the molecule is COC1(CNc2cc([N+](=O)[O-])ccn2)CCOC1. The van der Waals surface area contributed by atoms with Crippen LogP contribution in [0.25, 0.3) is 0 Å². The Balaban J connectivity index is 2.01. The predicted molar refractivity (Wildman–Crippen MR) is 64.6 cm³/mol. The zero-order valence-electron chi connectivity index (χ0n) is 10.1. The van der Waals surface area contributed by atoms with E-state index in [9.17, 15) is 10.1 Å². The van der Waals surface area contributed by atoms with E-state index in [4.69, 9.17) is 9.47 Å². The summed E-state index contributed by atoms with van der Waals surface area (Å²) < 4.78 is 10.8. The molecule has 1 saturated heterocycles. The average molecular weight is 253 g/mol. The van der Waals surface area contributed by atoms with Gasteiger partial charge in [0.25, 0.3) is 5.69 Å². The molecule has 0 spiro atoms. The second-order valence-corrected chi connectivity index (χ2v) is 4.20. The molecule has 1 aromatic heterocycles. The molecular formula is C11H15N3O4. The summed E-state index contributed by atoms with van der Waals surface area (Å²) in [6.45, 7) is 1.70. The van der Waals surface area contributed by atoms with Crippen LogP contribution in [0.1, 0.15) is 6.42 Å². The molecule has 0 bridgehead atoms. The van der Waals surface area contributed by atoms with E-state index in [-0.39, 0.29) is 11.3 Å². The van der Waals surface area contributed by atoms with Crippen molar-refractivity contribution in [3.63, 3.8) is 0 Å². The fourth-order valence-corrected chi connectivity index (χ4v) is 1.84. The second kappa shape index (κ2) is 5.28. The van der Waals surface area contributed by atoms with Crippen LogP contribution >= 0.6 is 0 Å². The van der Waals surface area contributed by atoms with Gasteiger partial charge >= 0.3 is 0 Å². The van der Waals surface area contributed by atoms with Crippen LogP contribution in [0.2, 0.25) is 0 Å². The van der Waals surface area contributed by atoms with Crippen LogP contribution in [0, 0.1) is 10.1 Å². The first-order chi connectivity index (χ1) is 8.65. The first kappa shape index (κ1) is 12.7. The molecular weight excluding hydrogens is 238 g/mol. The van der Waals surface area contributed by atoms with Gasteiger partial charge in [0.05, 0.1) is 17.6 Å². The van der Waals surface area contributed by atoms with Gasteiger partial charge in [-0.25, -0.2) is 4.98 Å². The molecule has 1 aliphatic heterocycles. The van der Waals surface area contributed by atoms with E-state index in [1.165, 1.54) is 18.3 Å². The molecule has 7 heteroatoms. The lowest BCUT2D eigenvalue weighted by molar-refractivity contribution is -0.384. The number of nitrogens with zero attached hydrogens (tertiary/aromatic N) is 2. The lowest BCUT2D eigenvalue weighted by Gasteiger charge is -2.26. The van der Waals surface area contributed by atoms with Crippen molar-refractivity contribution in [3.8, 4) is 0 Å². The molecule has 0 aromatic carbocycles. The fourth-order valence-electron chi connectivity index (χ4n) is 1.84. The Morgan fingerprint density at radius 1 is 1.72 bits per heavy atom. The maximum Gasteiger partial charge on any atom is 0.274 e. The van der Waals surface area contributed by atoms with Gasteiger partial charge in [0, 0.05) is 38.9 Å². The number of nitrogens with one attached hydrogen (secondary N) is 1. The zero-order valence-corrected chi connectivity index (χ0v) is 10.1. The van der Waals surface area contributed by atoms with E-state index in [0.717, 1.165) is 6.42 Å². The summed E-state index contributed by atoms with van der Waals surface area (Å²) in [6, 6.07) is 2.76. The molecule has 7 nitrogen and oxygen atoms in total. The monoisotopic (exact) mass is 253 g/mol. The molecule has 1 unspecified atom stereocenters. The standard InChI is InChI=1S/C11H15N3O4/c1-17-11(3-5-18-8-11)7-13-10-6-9(14(15)16)2-4-12-10/h2,4,6H,3,5,7-8H2,1H3,(H,12,13). The van der Waals surface area contributed by atoms with Crippen molar-refractivity contribution in [2.75, 3.05) is 32.2 Å². The van der Waals surface area contributed by atoms with Crippen molar-refractivity contribution in [1.29, 1.82) is 0 Å². The lowest BCUT2D eigenvalue weighted by atomic mass is 10.0. The summed E-state index contributed by atoms with van der Waals surface area (Å²) in [6.07, 6.45) is 2.20. The number of anilines is 1. The van der Waals surface area contributed by atoms with Crippen LogP contribution in [0.15, 0.2) is 18.3 Å². The molecule has 1 aliphatic rings. The highest BCUT2D eigenvalue weighted by Gasteiger charge is 2.34. The van der Waals surface area contributed by atoms with Gasteiger partial charge in [-0.1, -0.05) is 0 Å². The van der Waals surface area contributed by atoms with Crippen molar-refractivity contribution < 1.29 is 14.4 Å². The van der Waals surface area contributed by atoms with Crippen LogP contribution in [0.3, 0.4) is 0 Å². The van der Waals surface area contributed by atoms with Crippen molar-refractivity contribution >= 4 is 11.5 Å². The minimum absolute atomic E-state index is 0.0154. The molecule has 0 amide bonds. The molecule has 2 heterocycles. The molecule has 1 fully saturated rings. The number of hydrogen-bond donors (Lipinski definition) is 1. The highest BCUT2D eigenvalue weighted by Crippen LogP contribution is 2.23. The average Bonchev–Trinajstić information content (AvgIpc) is 2.86. The normalized spacial score (nSPS) is 22.9. The zero-order chi connectivity index (χ0) is 13.0. The van der Waals surface area contributed by atoms with Crippen molar-refractivity contribution in [2.45, 2.75) is 12.0 Å². The quantitative estimate of drug-likeness (QED) is 0.627. The predicted octanol–water partition coefficient (Wildman–Crippen LogP) is 1.21. The maximum atomic E-state index is 10.6. The van der Waals surface area contributed by atoms with Crippen LogP contribution in [-0.2, 0) is 9.47 Å². The third kappa shape index (κ3) is 2.74. The van der Waals surface area contributed by atoms with E-state index in [1.54, 1.807) is 7.11 Å². The summed E-state index contributed by atoms with van der Waals surface area (Å²) in [5.41, 5.74) is -0.353. The number of methoxy groups -OCH3 is 1. The Hall–Kier alpha value is -1.73. The topological polar surface area (TPSA) is 86.5 Å². The van der Waals surface area contributed by atoms with Gasteiger partial charge in [-0.15, -0.1) is 0 Å². The first-order valence-electron chi connectivity index (χ1n) is 5.62. The summed E-state index contributed by atoms with van der Waals surface area (Å²) in [5, 5.41) is 13.7. The van der Waals surface area contributed by atoms with E-state index in [2.05, 4.69) is 10.3 Å². The highest BCUT2D eigenvalue weighted by molar-refractivity contribution is 5.44. The van der Waals surface area contributed by atoms with Gasteiger partial charge in [0.15, 0.2) is 0 Å². The van der Waals surface area contributed by atoms with Crippen LogP contribution in [0.5, 0.6) is 0 Å². The number of pyridine rings is 1. The van der Waals surface area contributed by atoms with Gasteiger partial charge < -0.3 is 14.8 Å². The molecule has 0 aliphatic carbocycles. The molecule has 98 valence electrons. The summed E-state index contributed by atoms with van der Waals surface area (Å²) in [5.74, 6) is 0.465. The third-order valence-electron chi connectivity index (χ3n) is 3.05. The minimum atomic E-state index is -0.447. The number of ether oxygens (including phenoxy) is 2. The Bertz CT molecular complexity index is 432. The summed E-state index contributed by atoms with van der Waals surface area (Å²) in [7, 11) is 1.64. The number of aromatic nitrogens is 1. The van der Waals surface area contributed by atoms with Crippen molar-refractivity contribution in [1.82, 2.24) is 4.98 Å². The summed E-state index contributed by atoms with van der Waals surface area (Å²) in [4.78, 5) is 14.2. The maximum absolute atomic E-state index is 10.6. The molecule has 1 atom stereocenters. The van der Waals surface area contributed by atoms with Gasteiger partial charge in [0.2, 0.25) is 0 Å². The molecule has 0 radical (unpaired) electrons. The summed E-state index contributed by atoms with van der Waals surface area (Å²) >= 11 is 0. The van der Waals surface area contributed by atoms with Crippen LogP contribution in [-0.4, -0.2) is 42.4 Å². The number of hydrogen-bond acceptors (Lipinski definition) is 6. The highest BCUT2D eigenvalue weighted by atomic mass is 16.6. The number of rotatable bonds is 5. The Kier molecular flexibility index (Phi) is 3.73. The van der Waals surface area contributed by atoms with Gasteiger partial charge in [-0.05, 0) is 0 Å². The number of nitro groups is 1. The largest absolute Gasteiger partial charge is 0.378 e. The van der Waals surface area contributed by atoms with Crippen LogP contribution < -0.4 is 5.32 Å². The minimum Gasteiger partial charge on any atom is -0.378 e. The lowest BCUT2D eigenvalue weighted by Crippen LogP contribution is -2.39. The van der Waals surface area contributed by atoms with Crippen molar-refractivity contribution in [2.24, 2.45) is 0 Å². The molecule has 0 saturated carbocycles. The van der Waals surface area contributed by atoms with E-state index in [1.807, 2.05) is 0 Å². The van der Waals surface area contributed by atoms with Gasteiger partial charge in [-0.2, -0.15) is 0 Å². The Morgan fingerprint density at radius 3 is 3.17 bits per heavy atom. The first-order valence-corrected chi connectivity index (χ1v) is 5.62. The second-order valence-electron chi connectivity index (χ2n) is 4.20. The molecule has 2 rings (SSSR count). The Labute approximate surface area is 104 Å². The van der Waals surface area contributed by atoms with Gasteiger partial charge in [-0.3, -0.25) is 10.1 Å². The van der Waals surface area contributed by atoms with E-state index < -0.39 is 4.92 Å². The molecule has 1 N–H and O–H groups in total. The molecule has 1 aromatic rings. The van der Waals surface area contributed by atoms with Crippen LogP contribution in [0.4, 0.5) is 11.5 Å². The Morgan fingerprint density at radius 2 is 2.56 bits per heavy atom. The van der Waals surface area contributed by atoms with E-state index >= 15 is 0 Å².